The molecule has 12 nitrogen and oxygen atoms in total. The van der Waals surface area contributed by atoms with Crippen molar-refractivity contribution in [2.75, 3.05) is 13.2 Å². The Labute approximate surface area is 269 Å². The van der Waals surface area contributed by atoms with Crippen LogP contribution < -0.4 is 20.9 Å². The molecule has 12 heteroatoms. The second-order valence-electron chi connectivity index (χ2n) is 12.8. The Kier molecular flexibility index (Phi) is 12.6. The first-order valence-electron chi connectivity index (χ1n) is 15.7. The van der Waals surface area contributed by atoms with Gasteiger partial charge in [-0.25, -0.2) is 9.59 Å². The van der Waals surface area contributed by atoms with Crippen LogP contribution in [0.15, 0.2) is 48.5 Å². The van der Waals surface area contributed by atoms with Gasteiger partial charge in [0, 0.05) is 17.0 Å². The molecular formula is C34H48N4O8. The molecule has 46 heavy (non-hydrogen) atoms. The van der Waals surface area contributed by atoms with E-state index in [1.54, 1.807) is 24.3 Å². The third-order valence-corrected chi connectivity index (χ3v) is 9.33. The highest BCUT2D eigenvalue weighted by molar-refractivity contribution is 5.95. The van der Waals surface area contributed by atoms with Crippen molar-refractivity contribution in [1.29, 1.82) is 10.8 Å². The maximum Gasteiger partial charge on any atom is 0.335 e. The number of carboxylic acid groups (broad SMARTS) is 2. The van der Waals surface area contributed by atoms with Crippen LogP contribution in [0.25, 0.3) is 0 Å². The van der Waals surface area contributed by atoms with Gasteiger partial charge < -0.3 is 41.4 Å². The summed E-state index contributed by atoms with van der Waals surface area (Å²) >= 11 is 0. The predicted octanol–water partition coefficient (Wildman–Crippen LogP) is 3.98. The van der Waals surface area contributed by atoms with Crippen LogP contribution >= 0.6 is 0 Å². The van der Waals surface area contributed by atoms with Crippen LogP contribution in [0.5, 0.6) is 11.5 Å². The van der Waals surface area contributed by atoms with E-state index in [2.05, 4.69) is 0 Å². The van der Waals surface area contributed by atoms with Crippen LogP contribution in [-0.2, 0) is 9.59 Å². The number of carboxylic acids is 2. The number of benzene rings is 2. The number of rotatable bonds is 12. The van der Waals surface area contributed by atoms with Crippen molar-refractivity contribution in [2.24, 2.45) is 35.1 Å². The minimum Gasteiger partial charge on any atom is -0.493 e. The molecule has 10 N–H and O–H groups in total. The summed E-state index contributed by atoms with van der Waals surface area (Å²) in [6.07, 6.45) is 7.29. The number of nitrogen functional groups attached to an aromatic ring is 2. The fraction of sp³-hybridized carbons (Fsp3) is 0.529. The Hall–Kier alpha value is -4.16. The lowest BCUT2D eigenvalue weighted by Gasteiger charge is -2.44. The van der Waals surface area contributed by atoms with E-state index in [4.69, 9.17) is 31.8 Å². The van der Waals surface area contributed by atoms with Crippen LogP contribution in [0.4, 0.5) is 0 Å². The summed E-state index contributed by atoms with van der Waals surface area (Å²) < 4.78 is 11.6. The van der Waals surface area contributed by atoms with E-state index in [0.29, 0.717) is 17.2 Å². The predicted molar refractivity (Wildman–Crippen MR) is 173 cm³/mol. The molecule has 5 atom stereocenters. The summed E-state index contributed by atoms with van der Waals surface area (Å²) in [5, 5.41) is 54.5. The van der Waals surface area contributed by atoms with E-state index in [0.717, 1.165) is 17.9 Å². The fourth-order valence-corrected chi connectivity index (χ4v) is 6.31. The molecule has 2 aromatic carbocycles. The van der Waals surface area contributed by atoms with Gasteiger partial charge in [-0.15, -0.1) is 0 Å². The highest BCUT2D eigenvalue weighted by Crippen LogP contribution is 2.44. The highest BCUT2D eigenvalue weighted by atomic mass is 16.5. The number of amidine groups is 2. The van der Waals surface area contributed by atoms with E-state index < -0.39 is 40.9 Å². The number of aliphatic carboxylic acids is 2. The number of hydrogen-bond donors (Lipinski definition) is 8. The summed E-state index contributed by atoms with van der Waals surface area (Å²) in [6.45, 7) is 3.26. The second-order valence-corrected chi connectivity index (χ2v) is 12.8. The molecule has 0 aliphatic heterocycles. The molecule has 2 aliphatic carbocycles. The van der Waals surface area contributed by atoms with Gasteiger partial charge in [0.25, 0.3) is 0 Å². The maximum absolute atomic E-state index is 11.6. The molecular weight excluding hydrogens is 592 g/mol. The molecule has 2 fully saturated rings. The molecule has 0 spiro atoms. The van der Waals surface area contributed by atoms with Crippen LogP contribution in [0, 0.1) is 34.5 Å². The summed E-state index contributed by atoms with van der Waals surface area (Å²) in [5.74, 6) is -2.62. The van der Waals surface area contributed by atoms with Gasteiger partial charge in [0.2, 0.25) is 0 Å². The lowest BCUT2D eigenvalue weighted by Crippen LogP contribution is -2.53. The molecule has 0 amide bonds. The monoisotopic (exact) mass is 640 g/mol. The van der Waals surface area contributed by atoms with Gasteiger partial charge in [-0.2, -0.15) is 0 Å². The largest absolute Gasteiger partial charge is 0.493 e. The lowest BCUT2D eigenvalue weighted by atomic mass is 9.64. The normalized spacial score (nSPS) is 22.6. The first-order chi connectivity index (χ1) is 21.6. The van der Waals surface area contributed by atoms with Gasteiger partial charge in [-0.1, -0.05) is 43.5 Å². The van der Waals surface area contributed by atoms with Crippen molar-refractivity contribution in [3.63, 3.8) is 0 Å². The van der Waals surface area contributed by atoms with Gasteiger partial charge >= 0.3 is 11.9 Å². The molecule has 0 aromatic heterocycles. The van der Waals surface area contributed by atoms with Crippen molar-refractivity contribution in [3.05, 3.63) is 59.7 Å². The zero-order valence-corrected chi connectivity index (χ0v) is 26.6. The van der Waals surface area contributed by atoms with E-state index in [1.807, 2.05) is 24.3 Å². The third-order valence-electron chi connectivity index (χ3n) is 9.33. The Morgan fingerprint density at radius 2 is 1.28 bits per heavy atom. The zero-order valence-electron chi connectivity index (χ0n) is 26.6. The van der Waals surface area contributed by atoms with Gasteiger partial charge in [-0.3, -0.25) is 10.8 Å². The summed E-state index contributed by atoms with van der Waals surface area (Å²) in [5.41, 5.74) is 8.13. The number of nitrogens with one attached hydrogen (secondary N) is 2. The van der Waals surface area contributed by atoms with Crippen molar-refractivity contribution >= 4 is 23.6 Å². The Bertz CT molecular complexity index is 1370. The molecule has 252 valence electrons. The first kappa shape index (κ1) is 36.3. The topological polar surface area (TPSA) is 233 Å². The van der Waals surface area contributed by atoms with Crippen LogP contribution in [0.2, 0.25) is 0 Å². The molecule has 4 rings (SSSR count). The van der Waals surface area contributed by atoms with Crippen molar-refractivity contribution in [1.82, 2.24) is 0 Å². The van der Waals surface area contributed by atoms with Crippen LogP contribution in [-0.4, -0.2) is 68.5 Å². The van der Waals surface area contributed by atoms with Gasteiger partial charge in [0.1, 0.15) is 23.2 Å². The smallest absolute Gasteiger partial charge is 0.335 e. The lowest BCUT2D eigenvalue weighted by molar-refractivity contribution is -0.176. The molecule has 0 radical (unpaired) electrons. The minimum absolute atomic E-state index is 0.0155. The molecule has 2 aliphatic rings. The van der Waals surface area contributed by atoms with E-state index in [-0.39, 0.29) is 37.5 Å². The van der Waals surface area contributed by atoms with Gasteiger partial charge in [0.15, 0.2) is 11.2 Å². The summed E-state index contributed by atoms with van der Waals surface area (Å²) in [7, 11) is 0. The Morgan fingerprint density at radius 3 is 1.76 bits per heavy atom. The van der Waals surface area contributed by atoms with Crippen molar-refractivity contribution < 1.29 is 39.5 Å². The first-order valence-corrected chi connectivity index (χ1v) is 15.7. The highest BCUT2D eigenvalue weighted by Gasteiger charge is 2.51. The second kappa shape index (κ2) is 15.9. The molecule has 0 bridgehead atoms. The van der Waals surface area contributed by atoms with Crippen molar-refractivity contribution in [3.8, 4) is 11.5 Å². The van der Waals surface area contributed by atoms with E-state index in [1.165, 1.54) is 46.0 Å². The third kappa shape index (κ3) is 9.67. The summed E-state index contributed by atoms with van der Waals surface area (Å²) in [6, 6.07) is 14.0. The number of ether oxygens (including phenoxy) is 2. The average Bonchev–Trinajstić information content (AvgIpc) is 3.03. The van der Waals surface area contributed by atoms with Gasteiger partial charge in [0.05, 0.1) is 13.2 Å². The minimum atomic E-state index is -2.02. The van der Waals surface area contributed by atoms with Crippen LogP contribution in [0.1, 0.15) is 76.3 Å². The van der Waals surface area contributed by atoms with Gasteiger partial charge in [-0.05, 0) is 88.0 Å². The Morgan fingerprint density at radius 1 is 0.783 bits per heavy atom. The van der Waals surface area contributed by atoms with Crippen LogP contribution in [0.3, 0.4) is 0 Å². The van der Waals surface area contributed by atoms with E-state index in [9.17, 15) is 30.0 Å². The number of carbonyl (C=O) groups is 2. The number of hydrogen-bond acceptors (Lipinski definition) is 8. The molecule has 0 heterocycles. The fourth-order valence-electron chi connectivity index (χ4n) is 6.31. The van der Waals surface area contributed by atoms with E-state index >= 15 is 0 Å². The molecule has 2 aromatic rings. The zero-order chi connectivity index (χ0) is 34.1. The standard InChI is InChI=1S/C20H28N2O7.C14H20N2O/c1-19(27,17(23)24)13-6-7-15(20(2,28)18(25)26)12(8-13)10-29-14-5-3-4-11(9-14)16(21)22;15-14(16)12-7-4-8-13(9-12)17-10-11-5-2-1-3-6-11/h3-5,9,12-13,15,27-28H,6-8,10H2,1-2H3,(H3,21,22)(H,23,24)(H,25,26);4,7-9,11H,1-3,5-6,10H2,(H3,15,16). The summed E-state index contributed by atoms with van der Waals surface area (Å²) in [4.78, 5) is 23.0. The molecule has 2 saturated carbocycles. The number of aliphatic hydroxyl groups is 2. The molecule has 5 unspecified atom stereocenters. The average molecular weight is 641 g/mol. The number of nitrogens with two attached hydrogens (primary N) is 2. The molecule has 0 saturated heterocycles. The SMILES string of the molecule is CC(O)(C(=O)O)C1CCC(C(C)(O)C(=O)O)C(COc2cccc(C(=N)N)c2)C1.N=C(N)c1cccc(OCC2CCCCC2)c1. The van der Waals surface area contributed by atoms with Crippen molar-refractivity contribution in [2.45, 2.75) is 76.4 Å². The maximum atomic E-state index is 11.6. The Balaban J connectivity index is 0.000000286. The quantitative estimate of drug-likeness (QED) is 0.123.